The van der Waals surface area contributed by atoms with Crippen LogP contribution < -0.4 is 10.1 Å². The zero-order valence-corrected chi connectivity index (χ0v) is 17.9. The summed E-state index contributed by atoms with van der Waals surface area (Å²) in [5.74, 6) is 0.541. The van der Waals surface area contributed by atoms with Gasteiger partial charge >= 0.3 is 0 Å². The van der Waals surface area contributed by atoms with Crippen LogP contribution in [-0.4, -0.2) is 61.3 Å². The van der Waals surface area contributed by atoms with E-state index < -0.39 is 0 Å². The molecular formula is C24H31N3O3. The molecule has 1 aliphatic heterocycles. The SMILES string of the molecule is CCOc1ccc(C(=O)CCC(=O)Nc2ccc(CN3CCN(C)CC3)cc2)cc1. The van der Waals surface area contributed by atoms with Gasteiger partial charge in [-0.1, -0.05) is 12.1 Å². The molecule has 3 rings (SSSR count). The Balaban J connectivity index is 1.42. The Morgan fingerprint density at radius 1 is 0.933 bits per heavy atom. The molecule has 0 atom stereocenters. The second-order valence-corrected chi connectivity index (χ2v) is 7.71. The number of ketones is 1. The Morgan fingerprint density at radius 2 is 1.60 bits per heavy atom. The van der Waals surface area contributed by atoms with Crippen molar-refractivity contribution in [3.05, 3.63) is 59.7 Å². The molecule has 30 heavy (non-hydrogen) atoms. The average molecular weight is 410 g/mol. The molecular weight excluding hydrogens is 378 g/mol. The van der Waals surface area contributed by atoms with Crippen LogP contribution in [0.1, 0.15) is 35.7 Å². The quantitative estimate of drug-likeness (QED) is 0.643. The molecule has 2 aromatic rings. The van der Waals surface area contributed by atoms with Gasteiger partial charge in [0.05, 0.1) is 6.61 Å². The fourth-order valence-corrected chi connectivity index (χ4v) is 3.46. The summed E-state index contributed by atoms with van der Waals surface area (Å²) in [6.45, 7) is 7.80. The Kier molecular flexibility index (Phi) is 7.99. The standard InChI is InChI=1S/C24H31N3O3/c1-3-30-22-10-6-20(7-11-22)23(28)12-13-24(29)25-21-8-4-19(5-9-21)18-27-16-14-26(2)15-17-27/h4-11H,3,12-18H2,1-2H3,(H,25,29). The molecule has 6 nitrogen and oxygen atoms in total. The van der Waals surface area contributed by atoms with Gasteiger partial charge in [-0.15, -0.1) is 0 Å². The lowest BCUT2D eigenvalue weighted by molar-refractivity contribution is -0.116. The predicted octanol–water partition coefficient (Wildman–Crippen LogP) is 3.43. The van der Waals surface area contributed by atoms with Crippen molar-refractivity contribution in [2.75, 3.05) is 45.2 Å². The van der Waals surface area contributed by atoms with Gasteiger partial charge in [-0.3, -0.25) is 14.5 Å². The van der Waals surface area contributed by atoms with Gasteiger partial charge in [0.1, 0.15) is 5.75 Å². The van der Waals surface area contributed by atoms with E-state index in [2.05, 4.69) is 34.3 Å². The Morgan fingerprint density at radius 3 is 2.23 bits per heavy atom. The first kappa shape index (κ1) is 22.0. The number of piperazine rings is 1. The van der Waals surface area contributed by atoms with Gasteiger partial charge in [0.15, 0.2) is 5.78 Å². The molecule has 160 valence electrons. The summed E-state index contributed by atoms with van der Waals surface area (Å²) >= 11 is 0. The van der Waals surface area contributed by atoms with Gasteiger partial charge in [-0.25, -0.2) is 0 Å². The van der Waals surface area contributed by atoms with E-state index in [4.69, 9.17) is 4.74 Å². The number of benzene rings is 2. The van der Waals surface area contributed by atoms with E-state index in [0.29, 0.717) is 12.2 Å². The van der Waals surface area contributed by atoms with Crippen LogP contribution in [0.2, 0.25) is 0 Å². The zero-order valence-electron chi connectivity index (χ0n) is 17.9. The van der Waals surface area contributed by atoms with Crippen molar-refractivity contribution in [2.45, 2.75) is 26.3 Å². The second kappa shape index (κ2) is 10.9. The maximum absolute atomic E-state index is 12.3. The number of amides is 1. The summed E-state index contributed by atoms with van der Waals surface area (Å²) in [4.78, 5) is 29.3. The molecule has 1 aliphatic rings. The molecule has 0 radical (unpaired) electrons. The number of likely N-dealkylation sites (N-methyl/N-ethyl adjacent to an activating group) is 1. The summed E-state index contributed by atoms with van der Waals surface area (Å²) in [5.41, 5.74) is 2.60. The molecule has 6 heteroatoms. The number of rotatable bonds is 9. The van der Waals surface area contributed by atoms with Gasteiger partial charge in [0.25, 0.3) is 0 Å². The Hall–Kier alpha value is -2.70. The first-order chi connectivity index (χ1) is 14.5. The first-order valence-corrected chi connectivity index (χ1v) is 10.6. The molecule has 0 aromatic heterocycles. The van der Waals surface area contributed by atoms with E-state index >= 15 is 0 Å². The maximum Gasteiger partial charge on any atom is 0.224 e. The number of anilines is 1. The van der Waals surface area contributed by atoms with E-state index in [9.17, 15) is 9.59 Å². The highest BCUT2D eigenvalue weighted by Crippen LogP contribution is 2.16. The van der Waals surface area contributed by atoms with E-state index in [1.807, 2.05) is 19.1 Å². The summed E-state index contributed by atoms with van der Waals surface area (Å²) < 4.78 is 5.38. The van der Waals surface area contributed by atoms with Gasteiger partial charge in [0, 0.05) is 56.8 Å². The molecule has 0 bridgehead atoms. The minimum absolute atomic E-state index is 0.0456. The van der Waals surface area contributed by atoms with Crippen molar-refractivity contribution in [1.82, 2.24) is 9.80 Å². The third-order valence-corrected chi connectivity index (χ3v) is 5.31. The van der Waals surface area contributed by atoms with Crippen LogP contribution in [-0.2, 0) is 11.3 Å². The second-order valence-electron chi connectivity index (χ2n) is 7.71. The monoisotopic (exact) mass is 409 g/mol. The molecule has 1 N–H and O–H groups in total. The third kappa shape index (κ3) is 6.68. The Labute approximate surface area is 178 Å². The van der Waals surface area contributed by atoms with E-state index in [1.165, 1.54) is 5.56 Å². The molecule has 0 saturated carbocycles. The van der Waals surface area contributed by atoms with Gasteiger partial charge in [0.2, 0.25) is 5.91 Å². The predicted molar refractivity (Wildman–Crippen MR) is 119 cm³/mol. The van der Waals surface area contributed by atoms with E-state index in [1.54, 1.807) is 24.3 Å². The molecule has 1 amide bonds. The van der Waals surface area contributed by atoms with Crippen LogP contribution in [0.25, 0.3) is 0 Å². The summed E-state index contributed by atoms with van der Waals surface area (Å²) in [6, 6.07) is 15.0. The number of hydrogen-bond donors (Lipinski definition) is 1. The number of Topliss-reactive ketones (excluding diaryl/α,β-unsaturated/α-hetero) is 1. The van der Waals surface area contributed by atoms with E-state index in [0.717, 1.165) is 44.2 Å². The molecule has 0 spiro atoms. The highest BCUT2D eigenvalue weighted by molar-refractivity contribution is 6.00. The molecule has 2 aromatic carbocycles. The highest BCUT2D eigenvalue weighted by Gasteiger charge is 2.14. The summed E-state index contributed by atoms with van der Waals surface area (Å²) in [5, 5.41) is 2.88. The number of carbonyl (C=O) groups excluding carboxylic acids is 2. The van der Waals surface area contributed by atoms with Crippen LogP contribution in [0.15, 0.2) is 48.5 Å². The smallest absolute Gasteiger partial charge is 0.224 e. The van der Waals surface area contributed by atoms with Crippen LogP contribution in [0.4, 0.5) is 5.69 Å². The minimum Gasteiger partial charge on any atom is -0.494 e. The highest BCUT2D eigenvalue weighted by atomic mass is 16.5. The fourth-order valence-electron chi connectivity index (χ4n) is 3.46. The number of hydrogen-bond acceptors (Lipinski definition) is 5. The Bertz CT molecular complexity index is 826. The first-order valence-electron chi connectivity index (χ1n) is 10.6. The molecule has 0 unspecified atom stereocenters. The lowest BCUT2D eigenvalue weighted by Gasteiger charge is -2.32. The van der Waals surface area contributed by atoms with Crippen LogP contribution in [0.3, 0.4) is 0 Å². The molecule has 1 fully saturated rings. The summed E-state index contributed by atoms with van der Waals surface area (Å²) in [6.07, 6.45) is 0.344. The van der Waals surface area contributed by atoms with Crippen LogP contribution in [0, 0.1) is 0 Å². The lowest BCUT2D eigenvalue weighted by atomic mass is 10.1. The minimum atomic E-state index is -0.152. The van der Waals surface area contributed by atoms with Crippen LogP contribution in [0.5, 0.6) is 5.75 Å². The molecule has 1 heterocycles. The summed E-state index contributed by atoms with van der Waals surface area (Å²) in [7, 11) is 2.15. The number of nitrogens with zero attached hydrogens (tertiary/aromatic N) is 2. The number of ether oxygens (including phenoxy) is 1. The third-order valence-electron chi connectivity index (χ3n) is 5.31. The molecule has 1 saturated heterocycles. The van der Waals surface area contributed by atoms with Crippen molar-refractivity contribution in [3.8, 4) is 5.75 Å². The van der Waals surface area contributed by atoms with Crippen molar-refractivity contribution in [2.24, 2.45) is 0 Å². The van der Waals surface area contributed by atoms with E-state index in [-0.39, 0.29) is 24.5 Å². The molecule has 0 aliphatic carbocycles. The van der Waals surface area contributed by atoms with Crippen molar-refractivity contribution in [3.63, 3.8) is 0 Å². The van der Waals surface area contributed by atoms with Gasteiger partial charge in [-0.2, -0.15) is 0 Å². The van der Waals surface area contributed by atoms with Crippen molar-refractivity contribution >= 4 is 17.4 Å². The largest absolute Gasteiger partial charge is 0.494 e. The van der Waals surface area contributed by atoms with Crippen molar-refractivity contribution < 1.29 is 14.3 Å². The van der Waals surface area contributed by atoms with Crippen LogP contribution >= 0.6 is 0 Å². The topological polar surface area (TPSA) is 61.9 Å². The van der Waals surface area contributed by atoms with Gasteiger partial charge in [-0.05, 0) is 55.9 Å². The average Bonchev–Trinajstić information content (AvgIpc) is 2.76. The zero-order chi connectivity index (χ0) is 21.3. The maximum atomic E-state index is 12.3. The van der Waals surface area contributed by atoms with Crippen molar-refractivity contribution in [1.29, 1.82) is 0 Å². The fraction of sp³-hybridized carbons (Fsp3) is 0.417. The number of carbonyl (C=O) groups is 2. The number of nitrogens with one attached hydrogen (secondary N) is 1. The normalized spacial score (nSPS) is 15.0. The lowest BCUT2D eigenvalue weighted by Crippen LogP contribution is -2.43. The van der Waals surface area contributed by atoms with Gasteiger partial charge < -0.3 is 15.0 Å².